The van der Waals surface area contributed by atoms with Crippen LogP contribution in [0.1, 0.15) is 29.0 Å². The lowest BCUT2D eigenvalue weighted by molar-refractivity contribution is 0.0938. The number of aromatic nitrogens is 5. The first-order chi connectivity index (χ1) is 13.1. The van der Waals surface area contributed by atoms with Crippen LogP contribution in [0.15, 0.2) is 29.1 Å². The van der Waals surface area contributed by atoms with Crippen LogP contribution in [0.2, 0.25) is 5.02 Å². The summed E-state index contributed by atoms with van der Waals surface area (Å²) in [5.74, 6) is -0.593. The van der Waals surface area contributed by atoms with Crippen molar-refractivity contribution in [3.63, 3.8) is 0 Å². The third-order valence-electron chi connectivity index (χ3n) is 4.33. The van der Waals surface area contributed by atoms with E-state index in [0.717, 1.165) is 18.4 Å². The summed E-state index contributed by atoms with van der Waals surface area (Å²) in [6.07, 6.45) is 1.91. The van der Waals surface area contributed by atoms with Gasteiger partial charge in [-0.15, -0.1) is 5.10 Å². The van der Waals surface area contributed by atoms with E-state index < -0.39 is 11.5 Å². The predicted octanol–water partition coefficient (Wildman–Crippen LogP) is 1.28. The van der Waals surface area contributed by atoms with Crippen molar-refractivity contribution in [2.24, 2.45) is 0 Å². The molecule has 0 bridgehead atoms. The minimum absolute atomic E-state index is 0.0103. The summed E-state index contributed by atoms with van der Waals surface area (Å²) in [6, 6.07) is 7.14. The number of benzene rings is 1. The van der Waals surface area contributed by atoms with E-state index in [4.69, 9.17) is 16.3 Å². The highest BCUT2D eigenvalue weighted by Crippen LogP contribution is 2.15. The van der Waals surface area contributed by atoms with Gasteiger partial charge in [-0.25, -0.2) is 9.67 Å². The van der Waals surface area contributed by atoms with Crippen molar-refractivity contribution in [2.75, 3.05) is 6.61 Å². The maximum atomic E-state index is 12.4. The Labute approximate surface area is 158 Å². The first-order valence-electron chi connectivity index (χ1n) is 8.58. The van der Waals surface area contributed by atoms with Gasteiger partial charge in [0, 0.05) is 18.2 Å². The highest BCUT2D eigenvalue weighted by Gasteiger charge is 2.21. The van der Waals surface area contributed by atoms with E-state index in [1.807, 2.05) is 6.07 Å². The Morgan fingerprint density at radius 1 is 1.44 bits per heavy atom. The zero-order valence-corrected chi connectivity index (χ0v) is 15.1. The van der Waals surface area contributed by atoms with Gasteiger partial charge in [-0.05, 0) is 30.5 Å². The normalized spacial score (nSPS) is 16.7. The summed E-state index contributed by atoms with van der Waals surface area (Å²) in [7, 11) is 0. The van der Waals surface area contributed by atoms with Crippen molar-refractivity contribution in [1.29, 1.82) is 0 Å². The molecule has 1 aliphatic heterocycles. The molecule has 0 radical (unpaired) electrons. The van der Waals surface area contributed by atoms with Gasteiger partial charge in [-0.1, -0.05) is 28.9 Å². The van der Waals surface area contributed by atoms with E-state index in [-0.39, 0.29) is 29.6 Å². The summed E-state index contributed by atoms with van der Waals surface area (Å²) in [5.41, 5.74) is 0.692. The van der Waals surface area contributed by atoms with Crippen LogP contribution < -0.4 is 10.9 Å². The van der Waals surface area contributed by atoms with E-state index in [0.29, 0.717) is 18.2 Å². The van der Waals surface area contributed by atoms with Crippen molar-refractivity contribution in [3.8, 4) is 0 Å². The molecule has 1 saturated heterocycles. The third-order valence-corrected chi connectivity index (χ3v) is 4.57. The Bertz CT molecular complexity index is 1040. The van der Waals surface area contributed by atoms with Crippen LogP contribution in [0.5, 0.6) is 0 Å². The second kappa shape index (κ2) is 7.45. The summed E-state index contributed by atoms with van der Waals surface area (Å²) in [5, 5.41) is 11.1. The Morgan fingerprint density at radius 3 is 3.11 bits per heavy atom. The average Bonchev–Trinajstić information content (AvgIpc) is 3.31. The van der Waals surface area contributed by atoms with Crippen molar-refractivity contribution in [1.82, 2.24) is 30.3 Å². The quantitative estimate of drug-likeness (QED) is 0.680. The smallest absolute Gasteiger partial charge is 0.287 e. The van der Waals surface area contributed by atoms with Gasteiger partial charge >= 0.3 is 0 Å². The van der Waals surface area contributed by atoms with Crippen molar-refractivity contribution >= 4 is 28.7 Å². The van der Waals surface area contributed by atoms with Gasteiger partial charge < -0.3 is 15.0 Å². The highest BCUT2D eigenvalue weighted by atomic mass is 35.5. The molecule has 1 unspecified atom stereocenters. The van der Waals surface area contributed by atoms with Gasteiger partial charge in [0.2, 0.25) is 5.82 Å². The number of rotatable bonds is 5. The van der Waals surface area contributed by atoms with E-state index in [9.17, 15) is 9.59 Å². The molecular formula is C17H17ClN6O3. The molecule has 1 fully saturated rings. The molecule has 3 heterocycles. The first-order valence-corrected chi connectivity index (χ1v) is 8.96. The molecular weight excluding hydrogens is 372 g/mol. The van der Waals surface area contributed by atoms with Crippen molar-refractivity contribution in [2.45, 2.75) is 32.0 Å². The number of amides is 1. The fraction of sp³-hybridized carbons (Fsp3) is 0.353. The fourth-order valence-corrected chi connectivity index (χ4v) is 3.20. The lowest BCUT2D eigenvalue weighted by atomic mass is 10.2. The zero-order chi connectivity index (χ0) is 18.8. The zero-order valence-electron chi connectivity index (χ0n) is 14.3. The van der Waals surface area contributed by atoms with Crippen LogP contribution in [0, 0.1) is 0 Å². The molecule has 1 aromatic carbocycles. The lowest BCUT2D eigenvalue weighted by Crippen LogP contribution is -2.28. The van der Waals surface area contributed by atoms with Crippen LogP contribution in [0.3, 0.4) is 0 Å². The molecule has 0 saturated carbocycles. The number of ether oxygens (including phenoxy) is 1. The third kappa shape index (κ3) is 3.83. The Kier molecular flexibility index (Phi) is 4.87. The lowest BCUT2D eigenvalue weighted by Gasteiger charge is -2.09. The number of fused-ring (bicyclic) bond motifs is 1. The predicted molar refractivity (Wildman–Crippen MR) is 97.5 cm³/mol. The molecule has 27 heavy (non-hydrogen) atoms. The standard InChI is InChI=1S/C17H17ClN6O3/c18-11-4-1-3-10(7-11)8-19-17(26)14-20-15-13(16(25)21-14)22-23-24(15)9-12-5-2-6-27-12/h1,3-4,7,12H,2,5-6,8-9H2,(H,19,26)(H,20,21,25). The average molecular weight is 389 g/mol. The second-order valence-electron chi connectivity index (χ2n) is 6.31. The van der Waals surface area contributed by atoms with E-state index in [1.165, 1.54) is 4.68 Å². The molecule has 4 rings (SSSR count). The Balaban J connectivity index is 1.55. The molecule has 0 spiro atoms. The number of carbonyl (C=O) groups excluding carboxylic acids is 1. The number of halogens is 1. The van der Waals surface area contributed by atoms with Gasteiger partial charge in [0.25, 0.3) is 11.5 Å². The summed E-state index contributed by atoms with van der Waals surface area (Å²) >= 11 is 5.94. The maximum Gasteiger partial charge on any atom is 0.287 e. The van der Waals surface area contributed by atoms with Crippen LogP contribution in [0.25, 0.3) is 11.2 Å². The Morgan fingerprint density at radius 2 is 2.33 bits per heavy atom. The van der Waals surface area contributed by atoms with Crippen LogP contribution in [-0.4, -0.2) is 43.6 Å². The molecule has 0 aliphatic carbocycles. The molecule has 2 N–H and O–H groups in total. The number of hydrogen-bond acceptors (Lipinski definition) is 6. The van der Waals surface area contributed by atoms with Gasteiger partial charge in [-0.3, -0.25) is 9.59 Å². The van der Waals surface area contributed by atoms with Gasteiger partial charge in [-0.2, -0.15) is 0 Å². The molecule has 10 heteroatoms. The molecule has 9 nitrogen and oxygen atoms in total. The minimum Gasteiger partial charge on any atom is -0.376 e. The minimum atomic E-state index is -0.508. The number of aromatic amines is 1. The largest absolute Gasteiger partial charge is 0.376 e. The number of nitrogens with one attached hydrogen (secondary N) is 2. The second-order valence-corrected chi connectivity index (χ2v) is 6.74. The van der Waals surface area contributed by atoms with E-state index >= 15 is 0 Å². The number of H-pyrrole nitrogens is 1. The first kappa shape index (κ1) is 17.6. The molecule has 2 aromatic heterocycles. The number of nitrogens with zero attached hydrogens (tertiary/aromatic N) is 4. The molecule has 1 amide bonds. The maximum absolute atomic E-state index is 12.4. The summed E-state index contributed by atoms with van der Waals surface area (Å²) in [4.78, 5) is 31.4. The van der Waals surface area contributed by atoms with Crippen molar-refractivity contribution in [3.05, 3.63) is 51.0 Å². The monoisotopic (exact) mass is 388 g/mol. The highest BCUT2D eigenvalue weighted by molar-refractivity contribution is 6.30. The topological polar surface area (TPSA) is 115 Å². The van der Waals surface area contributed by atoms with Crippen LogP contribution in [-0.2, 0) is 17.8 Å². The molecule has 140 valence electrons. The molecule has 3 aromatic rings. The van der Waals surface area contributed by atoms with Gasteiger partial charge in [0.15, 0.2) is 11.2 Å². The number of carbonyl (C=O) groups is 1. The van der Waals surface area contributed by atoms with Crippen LogP contribution in [0.4, 0.5) is 0 Å². The molecule has 1 aliphatic rings. The summed E-state index contributed by atoms with van der Waals surface area (Å²) < 4.78 is 7.10. The van der Waals surface area contributed by atoms with Crippen molar-refractivity contribution < 1.29 is 9.53 Å². The Hall–Kier alpha value is -2.78. The van der Waals surface area contributed by atoms with E-state index in [1.54, 1.807) is 18.2 Å². The van der Waals surface area contributed by atoms with E-state index in [2.05, 4.69) is 25.6 Å². The van der Waals surface area contributed by atoms with Crippen LogP contribution >= 0.6 is 11.6 Å². The summed E-state index contributed by atoms with van der Waals surface area (Å²) in [6.45, 7) is 1.41. The van der Waals surface area contributed by atoms with Gasteiger partial charge in [0.1, 0.15) is 0 Å². The molecule has 1 atom stereocenters. The number of hydrogen-bond donors (Lipinski definition) is 2. The SMILES string of the molecule is O=C(NCc1cccc(Cl)c1)c1nc2c(nnn2CC2CCCO2)c(=O)[nH]1. The van der Waals surface area contributed by atoms with Gasteiger partial charge in [0.05, 0.1) is 12.6 Å². The fourth-order valence-electron chi connectivity index (χ4n) is 2.99.